The minimum Gasteiger partial charge on any atom is -0.468 e. The first kappa shape index (κ1) is 14.6. The average Bonchev–Trinajstić information content (AvgIpc) is 2.92. The van der Waals surface area contributed by atoms with Crippen LogP contribution in [0.25, 0.3) is 0 Å². The highest BCUT2D eigenvalue weighted by atomic mass is 32.2. The molecule has 0 saturated heterocycles. The largest absolute Gasteiger partial charge is 0.468 e. The number of anilines is 1. The maximum atomic E-state index is 12.3. The number of hydrogen-bond donors (Lipinski definition) is 2. The molecule has 6 heteroatoms. The van der Waals surface area contributed by atoms with Crippen LogP contribution in [-0.2, 0) is 16.4 Å². The van der Waals surface area contributed by atoms with Gasteiger partial charge in [0, 0.05) is 5.69 Å². The molecule has 2 rings (SSSR count). The summed E-state index contributed by atoms with van der Waals surface area (Å²) in [6.45, 7) is 3.69. The van der Waals surface area contributed by atoms with Gasteiger partial charge in [-0.15, -0.1) is 0 Å². The van der Waals surface area contributed by atoms with E-state index in [-0.39, 0.29) is 4.90 Å². The van der Waals surface area contributed by atoms with Crippen molar-refractivity contribution in [3.05, 3.63) is 47.9 Å². The lowest BCUT2D eigenvalue weighted by molar-refractivity contribution is 0.459. The SMILES string of the molecule is CCc1ccc(S(=O)(=O)NC(C)c2ccco2)cc1N. The highest BCUT2D eigenvalue weighted by molar-refractivity contribution is 7.89. The van der Waals surface area contributed by atoms with Crippen molar-refractivity contribution in [2.24, 2.45) is 0 Å². The number of nitrogens with one attached hydrogen (secondary N) is 1. The molecule has 108 valence electrons. The van der Waals surface area contributed by atoms with Crippen LogP contribution in [0.3, 0.4) is 0 Å². The van der Waals surface area contributed by atoms with Gasteiger partial charge in [-0.2, -0.15) is 0 Å². The second kappa shape index (κ2) is 5.68. The molecule has 3 N–H and O–H groups in total. The van der Waals surface area contributed by atoms with Gasteiger partial charge in [-0.25, -0.2) is 13.1 Å². The Balaban J connectivity index is 2.24. The standard InChI is InChI=1S/C14H18N2O3S/c1-3-11-6-7-12(9-13(11)15)20(17,18)16-10(2)14-5-4-8-19-14/h4-10,16H,3,15H2,1-2H3. The van der Waals surface area contributed by atoms with Crippen LogP contribution in [0.15, 0.2) is 45.9 Å². The van der Waals surface area contributed by atoms with Crippen molar-refractivity contribution < 1.29 is 12.8 Å². The van der Waals surface area contributed by atoms with Crippen LogP contribution in [0.1, 0.15) is 31.2 Å². The minimum atomic E-state index is -3.62. The van der Waals surface area contributed by atoms with E-state index in [9.17, 15) is 8.42 Å². The Morgan fingerprint density at radius 2 is 2.10 bits per heavy atom. The fraction of sp³-hybridized carbons (Fsp3) is 0.286. The molecule has 0 aliphatic rings. The van der Waals surface area contributed by atoms with Gasteiger partial charge in [0.25, 0.3) is 0 Å². The molecule has 1 aromatic heterocycles. The fourth-order valence-electron chi connectivity index (χ4n) is 1.96. The molecule has 2 aromatic rings. The van der Waals surface area contributed by atoms with Gasteiger partial charge in [-0.3, -0.25) is 0 Å². The Morgan fingerprint density at radius 3 is 2.65 bits per heavy atom. The molecule has 1 unspecified atom stereocenters. The third kappa shape index (κ3) is 3.02. The number of nitrogens with two attached hydrogens (primary N) is 1. The molecule has 20 heavy (non-hydrogen) atoms. The smallest absolute Gasteiger partial charge is 0.241 e. The number of benzene rings is 1. The van der Waals surface area contributed by atoms with E-state index >= 15 is 0 Å². The van der Waals surface area contributed by atoms with Crippen molar-refractivity contribution in [1.82, 2.24) is 4.72 Å². The van der Waals surface area contributed by atoms with Crippen LogP contribution in [-0.4, -0.2) is 8.42 Å². The second-order valence-electron chi connectivity index (χ2n) is 4.57. The van der Waals surface area contributed by atoms with E-state index in [0.717, 1.165) is 12.0 Å². The lowest BCUT2D eigenvalue weighted by Gasteiger charge is -2.13. The Morgan fingerprint density at radius 1 is 1.35 bits per heavy atom. The van der Waals surface area contributed by atoms with Crippen molar-refractivity contribution in [2.45, 2.75) is 31.2 Å². The fourth-order valence-corrected chi connectivity index (χ4v) is 3.21. The Bertz CT molecular complexity index is 678. The maximum absolute atomic E-state index is 12.3. The van der Waals surface area contributed by atoms with Crippen LogP contribution < -0.4 is 10.5 Å². The predicted octanol–water partition coefficient (Wildman–Crippen LogP) is 2.46. The molecule has 0 amide bonds. The summed E-state index contributed by atoms with van der Waals surface area (Å²) < 4.78 is 32.3. The van der Waals surface area contributed by atoms with E-state index in [1.807, 2.05) is 6.92 Å². The molecule has 5 nitrogen and oxygen atoms in total. The zero-order valence-corrected chi connectivity index (χ0v) is 12.3. The minimum absolute atomic E-state index is 0.158. The summed E-state index contributed by atoms with van der Waals surface area (Å²) >= 11 is 0. The summed E-state index contributed by atoms with van der Waals surface area (Å²) in [7, 11) is -3.62. The lowest BCUT2D eigenvalue weighted by atomic mass is 10.1. The quantitative estimate of drug-likeness (QED) is 0.829. The van der Waals surface area contributed by atoms with Gasteiger partial charge in [-0.05, 0) is 43.2 Å². The van der Waals surface area contributed by atoms with E-state index in [1.54, 1.807) is 31.2 Å². The highest BCUT2D eigenvalue weighted by Gasteiger charge is 2.20. The second-order valence-corrected chi connectivity index (χ2v) is 6.29. The van der Waals surface area contributed by atoms with Crippen LogP contribution in [0.2, 0.25) is 0 Å². The van der Waals surface area contributed by atoms with E-state index in [1.165, 1.54) is 12.3 Å². The van der Waals surface area contributed by atoms with Crippen LogP contribution in [0, 0.1) is 0 Å². The van der Waals surface area contributed by atoms with Gasteiger partial charge < -0.3 is 10.2 Å². The third-order valence-corrected chi connectivity index (χ3v) is 4.65. The lowest BCUT2D eigenvalue weighted by Crippen LogP contribution is -2.26. The first-order valence-electron chi connectivity index (χ1n) is 6.38. The summed E-state index contributed by atoms with van der Waals surface area (Å²) in [6, 6.07) is 7.78. The number of hydrogen-bond acceptors (Lipinski definition) is 4. The van der Waals surface area contributed by atoms with Gasteiger partial charge in [0.05, 0.1) is 17.2 Å². The molecule has 0 aliphatic carbocycles. The van der Waals surface area contributed by atoms with Crippen LogP contribution in [0.4, 0.5) is 5.69 Å². The predicted molar refractivity (Wildman–Crippen MR) is 77.7 cm³/mol. The van der Waals surface area contributed by atoms with Gasteiger partial charge in [-0.1, -0.05) is 13.0 Å². The maximum Gasteiger partial charge on any atom is 0.241 e. The monoisotopic (exact) mass is 294 g/mol. The first-order chi connectivity index (χ1) is 9.44. The molecular weight excluding hydrogens is 276 g/mol. The topological polar surface area (TPSA) is 85.3 Å². The van der Waals surface area contributed by atoms with E-state index in [0.29, 0.717) is 11.4 Å². The summed E-state index contributed by atoms with van der Waals surface area (Å²) in [5, 5.41) is 0. The molecule has 1 atom stereocenters. The summed E-state index contributed by atoms with van der Waals surface area (Å²) in [4.78, 5) is 0.158. The normalized spacial score (nSPS) is 13.3. The van der Waals surface area contributed by atoms with Gasteiger partial charge in [0.15, 0.2) is 0 Å². The summed E-state index contributed by atoms with van der Waals surface area (Å²) in [6.07, 6.45) is 2.27. The molecule has 0 spiro atoms. The third-order valence-electron chi connectivity index (χ3n) is 3.11. The number of rotatable bonds is 5. The number of aryl methyl sites for hydroxylation is 1. The molecule has 1 heterocycles. The van der Waals surface area contributed by atoms with Crippen LogP contribution in [0.5, 0.6) is 0 Å². The van der Waals surface area contributed by atoms with E-state index < -0.39 is 16.1 Å². The zero-order valence-electron chi connectivity index (χ0n) is 11.5. The van der Waals surface area contributed by atoms with Gasteiger partial charge in [0.1, 0.15) is 5.76 Å². The molecule has 0 saturated carbocycles. The molecule has 0 fully saturated rings. The average molecular weight is 294 g/mol. The number of sulfonamides is 1. The molecule has 1 aromatic carbocycles. The van der Waals surface area contributed by atoms with Gasteiger partial charge >= 0.3 is 0 Å². The zero-order chi connectivity index (χ0) is 14.8. The first-order valence-corrected chi connectivity index (χ1v) is 7.86. The Hall–Kier alpha value is -1.79. The highest BCUT2D eigenvalue weighted by Crippen LogP contribution is 2.21. The van der Waals surface area contributed by atoms with Gasteiger partial charge in [0.2, 0.25) is 10.0 Å². The van der Waals surface area contributed by atoms with Crippen LogP contribution >= 0.6 is 0 Å². The molecule has 0 radical (unpaired) electrons. The van der Waals surface area contributed by atoms with Crippen molar-refractivity contribution in [3.8, 4) is 0 Å². The van der Waals surface area contributed by atoms with Crippen molar-refractivity contribution in [3.63, 3.8) is 0 Å². The Labute approximate surface area is 118 Å². The molecule has 0 bridgehead atoms. The molecule has 0 aliphatic heterocycles. The van der Waals surface area contributed by atoms with E-state index in [2.05, 4.69) is 4.72 Å². The number of nitrogen functional groups attached to an aromatic ring is 1. The molecular formula is C14H18N2O3S. The van der Waals surface area contributed by atoms with Crippen molar-refractivity contribution in [2.75, 3.05) is 5.73 Å². The number of furan rings is 1. The summed E-state index contributed by atoms with van der Waals surface area (Å²) in [5.41, 5.74) is 7.26. The summed E-state index contributed by atoms with van der Waals surface area (Å²) in [5.74, 6) is 0.562. The van der Waals surface area contributed by atoms with E-state index in [4.69, 9.17) is 10.2 Å². The van der Waals surface area contributed by atoms with Crippen molar-refractivity contribution >= 4 is 15.7 Å². The van der Waals surface area contributed by atoms with Crippen molar-refractivity contribution in [1.29, 1.82) is 0 Å². The Kier molecular flexibility index (Phi) is 4.15.